The quantitative estimate of drug-likeness (QED) is 0.800. The van der Waals surface area contributed by atoms with Crippen molar-refractivity contribution in [1.82, 2.24) is 0 Å². The lowest BCUT2D eigenvalue weighted by molar-refractivity contribution is -0.138. The van der Waals surface area contributed by atoms with Gasteiger partial charge in [-0.1, -0.05) is 12.1 Å². The predicted octanol–water partition coefficient (Wildman–Crippen LogP) is 3.96. The van der Waals surface area contributed by atoms with Crippen molar-refractivity contribution in [3.63, 3.8) is 0 Å². The first-order valence-electron chi connectivity index (χ1n) is 7.30. The van der Waals surface area contributed by atoms with E-state index in [0.29, 0.717) is 25.4 Å². The molecule has 1 aromatic heterocycles. The molecule has 4 nitrogen and oxygen atoms in total. The van der Waals surface area contributed by atoms with Crippen LogP contribution in [-0.4, -0.2) is 24.3 Å². The van der Waals surface area contributed by atoms with Crippen molar-refractivity contribution in [2.75, 3.05) is 13.2 Å². The normalized spacial score (nSPS) is 11.9. The molecule has 1 N–H and O–H groups in total. The van der Waals surface area contributed by atoms with Crippen LogP contribution in [0, 0.1) is 0 Å². The van der Waals surface area contributed by atoms with Crippen LogP contribution in [0.25, 0.3) is 0 Å². The van der Waals surface area contributed by atoms with E-state index in [4.69, 9.17) is 9.47 Å². The molecule has 1 aromatic carbocycles. The number of carboxylic acids is 1. The predicted molar refractivity (Wildman–Crippen MR) is 87.2 cm³/mol. The second-order valence-electron chi connectivity index (χ2n) is 4.75. The first kappa shape index (κ1) is 16.4. The van der Waals surface area contributed by atoms with E-state index >= 15 is 0 Å². The Labute approximate surface area is 134 Å². The number of ether oxygens (including phenoxy) is 2. The van der Waals surface area contributed by atoms with Crippen LogP contribution in [-0.2, 0) is 11.2 Å². The van der Waals surface area contributed by atoms with Crippen molar-refractivity contribution in [2.45, 2.75) is 26.2 Å². The molecule has 0 bridgehead atoms. The van der Waals surface area contributed by atoms with Crippen LogP contribution in [0.4, 0.5) is 0 Å². The third kappa shape index (κ3) is 4.01. The highest BCUT2D eigenvalue weighted by Crippen LogP contribution is 2.32. The van der Waals surface area contributed by atoms with Crippen LogP contribution in [0.3, 0.4) is 0 Å². The maximum Gasteiger partial charge on any atom is 0.312 e. The minimum absolute atomic E-state index is 0.400. The zero-order valence-corrected chi connectivity index (χ0v) is 13.6. The summed E-state index contributed by atoms with van der Waals surface area (Å²) in [6, 6.07) is 9.31. The van der Waals surface area contributed by atoms with Gasteiger partial charge in [-0.2, -0.15) is 0 Å². The number of rotatable bonds is 8. The summed E-state index contributed by atoms with van der Waals surface area (Å²) in [5, 5.41) is 11.4. The van der Waals surface area contributed by atoms with Gasteiger partial charge in [-0.3, -0.25) is 4.79 Å². The summed E-state index contributed by atoms with van der Waals surface area (Å²) in [7, 11) is 0. The summed E-state index contributed by atoms with van der Waals surface area (Å²) in [5.74, 6) is 0.0462. The van der Waals surface area contributed by atoms with E-state index < -0.39 is 11.9 Å². The smallest absolute Gasteiger partial charge is 0.312 e. The lowest BCUT2D eigenvalue weighted by Crippen LogP contribution is -2.14. The molecule has 0 fully saturated rings. The topological polar surface area (TPSA) is 55.8 Å². The number of thiophene rings is 1. The molecule has 1 atom stereocenters. The molecule has 118 valence electrons. The molecule has 0 aliphatic carbocycles. The first-order valence-corrected chi connectivity index (χ1v) is 8.18. The van der Waals surface area contributed by atoms with Crippen molar-refractivity contribution < 1.29 is 19.4 Å². The van der Waals surface area contributed by atoms with Gasteiger partial charge in [0.25, 0.3) is 0 Å². The third-order valence-corrected chi connectivity index (χ3v) is 4.24. The minimum Gasteiger partial charge on any atom is -0.494 e. The third-order valence-electron chi connectivity index (χ3n) is 3.26. The Kier molecular flexibility index (Phi) is 5.83. The molecular formula is C17H20O4S. The molecule has 1 heterocycles. The summed E-state index contributed by atoms with van der Waals surface area (Å²) in [5.41, 5.74) is 0.881. The van der Waals surface area contributed by atoms with Crippen molar-refractivity contribution in [1.29, 1.82) is 0 Å². The highest BCUT2D eigenvalue weighted by molar-refractivity contribution is 7.10. The summed E-state index contributed by atoms with van der Waals surface area (Å²) >= 11 is 1.46. The van der Waals surface area contributed by atoms with Gasteiger partial charge < -0.3 is 14.6 Å². The zero-order valence-electron chi connectivity index (χ0n) is 12.7. The number of hydrogen-bond donors (Lipinski definition) is 1. The van der Waals surface area contributed by atoms with Gasteiger partial charge >= 0.3 is 5.97 Å². The SMILES string of the molecule is CCOc1ccc(CC(C(=O)O)c2cccs2)c(OCC)c1. The average molecular weight is 320 g/mol. The Hall–Kier alpha value is -2.01. The maximum absolute atomic E-state index is 11.6. The summed E-state index contributed by atoms with van der Waals surface area (Å²) in [6.07, 6.45) is 0.400. The van der Waals surface area contributed by atoms with Gasteiger partial charge in [0.15, 0.2) is 0 Å². The van der Waals surface area contributed by atoms with Crippen LogP contribution in [0.1, 0.15) is 30.2 Å². The fourth-order valence-electron chi connectivity index (χ4n) is 2.27. The number of hydrogen-bond acceptors (Lipinski definition) is 4. The maximum atomic E-state index is 11.6. The number of benzene rings is 1. The highest BCUT2D eigenvalue weighted by Gasteiger charge is 2.23. The molecular weight excluding hydrogens is 300 g/mol. The van der Waals surface area contributed by atoms with E-state index in [1.165, 1.54) is 11.3 Å². The average Bonchev–Trinajstić information content (AvgIpc) is 3.00. The minimum atomic E-state index is -0.821. The monoisotopic (exact) mass is 320 g/mol. The molecule has 22 heavy (non-hydrogen) atoms. The van der Waals surface area contributed by atoms with Gasteiger partial charge in [0.05, 0.1) is 19.1 Å². The highest BCUT2D eigenvalue weighted by atomic mass is 32.1. The van der Waals surface area contributed by atoms with Crippen molar-refractivity contribution in [3.8, 4) is 11.5 Å². The molecule has 0 amide bonds. The molecule has 5 heteroatoms. The molecule has 0 saturated carbocycles. The molecule has 0 aliphatic rings. The zero-order chi connectivity index (χ0) is 15.9. The number of carboxylic acid groups (broad SMARTS) is 1. The Morgan fingerprint density at radius 3 is 2.59 bits per heavy atom. The number of carbonyl (C=O) groups is 1. The van der Waals surface area contributed by atoms with E-state index in [1.807, 2.05) is 49.6 Å². The molecule has 0 spiro atoms. The van der Waals surface area contributed by atoms with Crippen LogP contribution in [0.5, 0.6) is 11.5 Å². The van der Waals surface area contributed by atoms with E-state index in [0.717, 1.165) is 16.2 Å². The van der Waals surface area contributed by atoms with E-state index in [9.17, 15) is 9.90 Å². The largest absolute Gasteiger partial charge is 0.494 e. The van der Waals surface area contributed by atoms with Gasteiger partial charge in [-0.25, -0.2) is 0 Å². The second-order valence-corrected chi connectivity index (χ2v) is 5.73. The lowest BCUT2D eigenvalue weighted by Gasteiger charge is -2.15. The van der Waals surface area contributed by atoms with Crippen LogP contribution < -0.4 is 9.47 Å². The Morgan fingerprint density at radius 2 is 2.00 bits per heavy atom. The molecule has 0 radical (unpaired) electrons. The van der Waals surface area contributed by atoms with Gasteiger partial charge in [-0.05, 0) is 43.3 Å². The Balaban J connectivity index is 2.28. The summed E-state index contributed by atoms with van der Waals surface area (Å²) in [6.45, 7) is 4.94. The molecule has 1 unspecified atom stereocenters. The fraction of sp³-hybridized carbons (Fsp3) is 0.353. The van der Waals surface area contributed by atoms with Gasteiger partial charge in [0, 0.05) is 10.9 Å². The van der Waals surface area contributed by atoms with E-state index in [2.05, 4.69) is 0 Å². The Bertz CT molecular complexity index is 607. The molecule has 0 aliphatic heterocycles. The van der Waals surface area contributed by atoms with Crippen LogP contribution in [0.2, 0.25) is 0 Å². The molecule has 0 saturated heterocycles. The summed E-state index contributed by atoms with van der Waals surface area (Å²) in [4.78, 5) is 12.4. The van der Waals surface area contributed by atoms with Crippen molar-refractivity contribution in [3.05, 3.63) is 46.2 Å². The van der Waals surface area contributed by atoms with Gasteiger partial charge in [0.1, 0.15) is 11.5 Å². The van der Waals surface area contributed by atoms with Crippen LogP contribution in [0.15, 0.2) is 35.7 Å². The van der Waals surface area contributed by atoms with Crippen LogP contribution >= 0.6 is 11.3 Å². The van der Waals surface area contributed by atoms with Crippen molar-refractivity contribution >= 4 is 17.3 Å². The second kappa shape index (κ2) is 7.84. The molecule has 2 rings (SSSR count). The fourth-order valence-corrected chi connectivity index (χ4v) is 3.09. The lowest BCUT2D eigenvalue weighted by atomic mass is 9.97. The van der Waals surface area contributed by atoms with Crippen molar-refractivity contribution in [2.24, 2.45) is 0 Å². The van der Waals surface area contributed by atoms with Gasteiger partial charge in [-0.15, -0.1) is 11.3 Å². The Morgan fingerprint density at radius 1 is 1.23 bits per heavy atom. The molecule has 2 aromatic rings. The van der Waals surface area contributed by atoms with E-state index in [1.54, 1.807) is 0 Å². The van der Waals surface area contributed by atoms with E-state index in [-0.39, 0.29) is 0 Å². The number of aliphatic carboxylic acids is 1. The first-order chi connectivity index (χ1) is 10.7. The van der Waals surface area contributed by atoms with Gasteiger partial charge in [0.2, 0.25) is 0 Å². The summed E-state index contributed by atoms with van der Waals surface area (Å²) < 4.78 is 11.1. The standard InChI is InChI=1S/C17H20O4S/c1-3-20-13-8-7-12(15(11-13)21-4-2)10-14(17(18)19)16-6-5-9-22-16/h5-9,11,14H,3-4,10H2,1-2H3,(H,18,19).